The minimum atomic E-state index is -0.707. The Morgan fingerprint density at radius 1 is 1.32 bits per heavy atom. The molecule has 1 aromatic heterocycles. The molecule has 1 atom stereocenters. The average molecular weight is 297 g/mol. The Bertz CT molecular complexity index is 466. The molecule has 1 heterocycles. The van der Waals surface area contributed by atoms with E-state index in [1.165, 1.54) is 30.6 Å². The summed E-state index contributed by atoms with van der Waals surface area (Å²) in [6.45, 7) is 0. The van der Waals surface area contributed by atoms with E-state index in [0.717, 1.165) is 41.0 Å². The van der Waals surface area contributed by atoms with Crippen LogP contribution in [0, 0.1) is 0 Å². The fourth-order valence-electron chi connectivity index (χ4n) is 3.02. The fourth-order valence-corrected chi connectivity index (χ4v) is 5.53. The SMILES string of the molecule is O=C(O)C1CCCc2sc(CSC3CCCC3)nc21. The summed E-state index contributed by atoms with van der Waals surface area (Å²) in [4.78, 5) is 17.1. The van der Waals surface area contributed by atoms with E-state index in [1.807, 2.05) is 11.8 Å². The second-order valence-electron chi connectivity index (χ2n) is 5.42. The zero-order valence-electron chi connectivity index (χ0n) is 10.9. The Morgan fingerprint density at radius 2 is 2.11 bits per heavy atom. The van der Waals surface area contributed by atoms with Crippen LogP contribution in [0.2, 0.25) is 0 Å². The molecule has 0 radical (unpaired) electrons. The van der Waals surface area contributed by atoms with E-state index >= 15 is 0 Å². The van der Waals surface area contributed by atoms with Gasteiger partial charge in [0.25, 0.3) is 0 Å². The van der Waals surface area contributed by atoms with Gasteiger partial charge in [-0.15, -0.1) is 11.3 Å². The molecule has 1 N–H and O–H groups in total. The van der Waals surface area contributed by atoms with Crippen molar-refractivity contribution in [3.05, 3.63) is 15.6 Å². The predicted molar refractivity (Wildman–Crippen MR) is 79.0 cm³/mol. The number of hydrogen-bond acceptors (Lipinski definition) is 4. The van der Waals surface area contributed by atoms with Crippen LogP contribution in [-0.2, 0) is 17.0 Å². The number of fused-ring (bicyclic) bond motifs is 1. The van der Waals surface area contributed by atoms with Crippen LogP contribution < -0.4 is 0 Å². The Morgan fingerprint density at radius 3 is 2.84 bits per heavy atom. The number of aryl methyl sites for hydroxylation is 1. The molecule has 1 saturated carbocycles. The van der Waals surface area contributed by atoms with Gasteiger partial charge in [0.05, 0.1) is 11.6 Å². The van der Waals surface area contributed by atoms with Gasteiger partial charge in [-0.1, -0.05) is 12.8 Å². The lowest BCUT2D eigenvalue weighted by Crippen LogP contribution is -2.17. The smallest absolute Gasteiger partial charge is 0.312 e. The summed E-state index contributed by atoms with van der Waals surface area (Å²) < 4.78 is 0. The van der Waals surface area contributed by atoms with Crippen LogP contribution in [-0.4, -0.2) is 21.3 Å². The van der Waals surface area contributed by atoms with Crippen LogP contribution in [0.5, 0.6) is 0 Å². The van der Waals surface area contributed by atoms with Crippen molar-refractivity contribution in [2.45, 2.75) is 61.9 Å². The van der Waals surface area contributed by atoms with E-state index in [9.17, 15) is 9.90 Å². The molecule has 1 aromatic rings. The summed E-state index contributed by atoms with van der Waals surface area (Å²) in [5.41, 5.74) is 0.866. The highest BCUT2D eigenvalue weighted by Gasteiger charge is 2.30. The number of thioether (sulfide) groups is 1. The number of thiazole rings is 1. The summed E-state index contributed by atoms with van der Waals surface area (Å²) in [5.74, 6) is -0.0965. The molecule has 3 nitrogen and oxygen atoms in total. The molecule has 19 heavy (non-hydrogen) atoms. The van der Waals surface area contributed by atoms with Gasteiger partial charge in [-0.05, 0) is 32.1 Å². The summed E-state index contributed by atoms with van der Waals surface area (Å²) in [6.07, 6.45) is 8.18. The van der Waals surface area contributed by atoms with Crippen LogP contribution in [0.4, 0.5) is 0 Å². The molecule has 0 bridgehead atoms. The first kappa shape index (κ1) is 13.4. The average Bonchev–Trinajstić information content (AvgIpc) is 3.04. The molecule has 0 amide bonds. The standard InChI is InChI=1S/C14H19NO2S2/c16-14(17)10-6-3-7-11-13(10)15-12(19-11)8-18-9-4-1-2-5-9/h9-10H,1-8H2,(H,16,17). The van der Waals surface area contributed by atoms with Crippen molar-refractivity contribution in [3.8, 4) is 0 Å². The molecule has 0 saturated heterocycles. The van der Waals surface area contributed by atoms with E-state index in [-0.39, 0.29) is 5.92 Å². The topological polar surface area (TPSA) is 50.2 Å². The molecule has 0 aliphatic heterocycles. The van der Waals surface area contributed by atoms with Gasteiger partial charge in [0.15, 0.2) is 0 Å². The van der Waals surface area contributed by atoms with E-state index in [2.05, 4.69) is 4.98 Å². The van der Waals surface area contributed by atoms with Gasteiger partial charge in [0, 0.05) is 15.9 Å². The van der Waals surface area contributed by atoms with Crippen LogP contribution in [0.1, 0.15) is 60.0 Å². The Labute approximate surface area is 121 Å². The lowest BCUT2D eigenvalue weighted by Gasteiger charge is -2.16. The zero-order chi connectivity index (χ0) is 13.2. The maximum absolute atomic E-state index is 11.3. The summed E-state index contributed by atoms with van der Waals surface area (Å²) in [7, 11) is 0. The second-order valence-corrected chi connectivity index (χ2v) is 7.87. The van der Waals surface area contributed by atoms with Crippen molar-refractivity contribution in [1.29, 1.82) is 0 Å². The normalized spacial score (nSPS) is 23.5. The maximum atomic E-state index is 11.3. The van der Waals surface area contributed by atoms with Gasteiger partial charge in [0.2, 0.25) is 0 Å². The third-order valence-corrected chi connectivity index (χ3v) is 6.74. The van der Waals surface area contributed by atoms with E-state index in [4.69, 9.17) is 0 Å². The molecule has 2 aliphatic rings. The number of aromatic nitrogens is 1. The number of aliphatic carboxylic acids is 1. The fraction of sp³-hybridized carbons (Fsp3) is 0.714. The number of hydrogen-bond donors (Lipinski definition) is 1. The third kappa shape index (κ3) is 2.97. The van der Waals surface area contributed by atoms with Crippen molar-refractivity contribution in [1.82, 2.24) is 4.98 Å². The van der Waals surface area contributed by atoms with Crippen LogP contribution in [0.3, 0.4) is 0 Å². The van der Waals surface area contributed by atoms with Gasteiger partial charge < -0.3 is 5.11 Å². The van der Waals surface area contributed by atoms with Crippen molar-refractivity contribution < 1.29 is 9.90 Å². The van der Waals surface area contributed by atoms with Crippen LogP contribution >= 0.6 is 23.1 Å². The largest absolute Gasteiger partial charge is 0.481 e. The summed E-state index contributed by atoms with van der Waals surface area (Å²) >= 11 is 3.76. The molecular weight excluding hydrogens is 278 g/mol. The summed E-state index contributed by atoms with van der Waals surface area (Å²) in [6, 6.07) is 0. The second kappa shape index (κ2) is 5.83. The van der Waals surface area contributed by atoms with Gasteiger partial charge in [-0.25, -0.2) is 4.98 Å². The lowest BCUT2D eigenvalue weighted by atomic mass is 9.91. The van der Waals surface area contributed by atoms with Crippen LogP contribution in [0.25, 0.3) is 0 Å². The van der Waals surface area contributed by atoms with E-state index < -0.39 is 5.97 Å². The number of nitrogens with zero attached hydrogens (tertiary/aromatic N) is 1. The predicted octanol–water partition coefficient (Wildman–Crippen LogP) is 3.82. The van der Waals surface area contributed by atoms with E-state index in [0.29, 0.717) is 0 Å². The molecular formula is C14H19NO2S2. The highest BCUT2D eigenvalue weighted by molar-refractivity contribution is 7.99. The third-order valence-electron chi connectivity index (χ3n) is 4.04. The van der Waals surface area contributed by atoms with Crippen molar-refractivity contribution in [3.63, 3.8) is 0 Å². The summed E-state index contributed by atoms with van der Waals surface area (Å²) in [5, 5.41) is 11.2. The molecule has 3 rings (SSSR count). The minimum absolute atomic E-state index is 0.356. The quantitative estimate of drug-likeness (QED) is 0.917. The first-order valence-corrected chi connectivity index (χ1v) is 8.93. The first-order valence-electron chi connectivity index (χ1n) is 7.07. The highest BCUT2D eigenvalue weighted by Crippen LogP contribution is 2.37. The molecule has 0 spiro atoms. The number of rotatable bonds is 4. The van der Waals surface area contributed by atoms with Gasteiger partial charge in [-0.2, -0.15) is 11.8 Å². The van der Waals surface area contributed by atoms with Crippen LogP contribution in [0.15, 0.2) is 0 Å². The minimum Gasteiger partial charge on any atom is -0.481 e. The van der Waals surface area contributed by atoms with Crippen molar-refractivity contribution in [2.24, 2.45) is 0 Å². The zero-order valence-corrected chi connectivity index (χ0v) is 12.6. The number of carbonyl (C=O) groups is 1. The highest BCUT2D eigenvalue weighted by atomic mass is 32.2. The van der Waals surface area contributed by atoms with Crippen molar-refractivity contribution >= 4 is 29.1 Å². The Kier molecular flexibility index (Phi) is 4.12. The number of carboxylic acids is 1. The number of carboxylic acid groups (broad SMARTS) is 1. The Hall–Kier alpha value is -0.550. The van der Waals surface area contributed by atoms with Crippen molar-refractivity contribution in [2.75, 3.05) is 0 Å². The molecule has 0 aromatic carbocycles. The van der Waals surface area contributed by atoms with Gasteiger partial charge in [0.1, 0.15) is 5.01 Å². The molecule has 104 valence electrons. The maximum Gasteiger partial charge on any atom is 0.312 e. The molecule has 1 fully saturated rings. The molecule has 5 heteroatoms. The molecule has 1 unspecified atom stereocenters. The van der Waals surface area contributed by atoms with E-state index in [1.54, 1.807) is 11.3 Å². The molecule has 2 aliphatic carbocycles. The first-order chi connectivity index (χ1) is 9.24. The van der Waals surface area contributed by atoms with Gasteiger partial charge >= 0.3 is 5.97 Å². The lowest BCUT2D eigenvalue weighted by molar-refractivity contribution is -0.139. The monoisotopic (exact) mass is 297 g/mol. The Balaban J connectivity index is 1.68. The van der Waals surface area contributed by atoms with Gasteiger partial charge in [-0.3, -0.25) is 4.79 Å².